The first-order chi connectivity index (χ1) is 14.7. The summed E-state index contributed by atoms with van der Waals surface area (Å²) in [7, 11) is 1.57. The summed E-state index contributed by atoms with van der Waals surface area (Å²) in [5.41, 5.74) is 2.00. The smallest absolute Gasteiger partial charge is 0.300 e. The molecule has 0 spiro atoms. The van der Waals surface area contributed by atoms with Crippen LogP contribution >= 0.6 is 0 Å². The van der Waals surface area contributed by atoms with E-state index >= 15 is 0 Å². The standard InChI is InChI=1S/C19H25N5O3.C2H4O2/c1-11(2)24-10-14-12(19(24)26)8-13(18(22-14)27-3)17-21-6-7-23(17)15-4-5-20-9-16(15)25;1-2(3)4/h6-8,11,15-16,20,25H,4-5,9-10H2,1-3H3;1H3,(H,3,4)/t15-,16-;/m0./s1. The molecule has 0 aliphatic carbocycles. The summed E-state index contributed by atoms with van der Waals surface area (Å²) in [5, 5.41) is 21.0. The minimum Gasteiger partial charge on any atom is -0.481 e. The SMILES string of the molecule is CC(=O)O.COc1nc2c(cc1-c1nccn1[C@H]1CCNC[C@@H]1O)C(=O)N(C(C)C)C2. The number of imidazole rings is 1. The molecule has 0 aromatic carbocycles. The molecule has 4 heterocycles. The van der Waals surface area contributed by atoms with E-state index in [1.807, 2.05) is 30.7 Å². The van der Waals surface area contributed by atoms with E-state index in [-0.39, 0.29) is 18.0 Å². The van der Waals surface area contributed by atoms with E-state index in [0.29, 0.717) is 35.9 Å². The fourth-order valence-electron chi connectivity index (χ4n) is 3.90. The highest BCUT2D eigenvalue weighted by atomic mass is 16.5. The summed E-state index contributed by atoms with van der Waals surface area (Å²) in [6, 6.07) is 1.86. The van der Waals surface area contributed by atoms with E-state index in [1.165, 1.54) is 0 Å². The van der Waals surface area contributed by atoms with Crippen molar-refractivity contribution in [3.05, 3.63) is 29.7 Å². The lowest BCUT2D eigenvalue weighted by atomic mass is 10.0. The molecule has 0 saturated carbocycles. The number of amides is 1. The number of β-amino-alcohol motifs (C(OH)–C–C–N with tert-alkyl or cyclic N) is 1. The number of hydrogen-bond acceptors (Lipinski definition) is 7. The van der Waals surface area contributed by atoms with Crippen LogP contribution < -0.4 is 10.1 Å². The number of carboxylic acids is 1. The summed E-state index contributed by atoms with van der Waals surface area (Å²) in [4.78, 5) is 32.7. The van der Waals surface area contributed by atoms with E-state index in [4.69, 9.17) is 14.6 Å². The number of nitrogens with one attached hydrogen (secondary N) is 1. The van der Waals surface area contributed by atoms with Gasteiger partial charge in [0.15, 0.2) is 0 Å². The molecular formula is C21H29N5O5. The van der Waals surface area contributed by atoms with Crippen molar-refractivity contribution in [2.75, 3.05) is 20.2 Å². The molecule has 0 radical (unpaired) electrons. The number of carboxylic acid groups (broad SMARTS) is 1. The summed E-state index contributed by atoms with van der Waals surface area (Å²) < 4.78 is 7.49. The minimum atomic E-state index is -0.833. The molecule has 1 fully saturated rings. The van der Waals surface area contributed by atoms with E-state index in [0.717, 1.165) is 25.6 Å². The van der Waals surface area contributed by atoms with E-state index in [1.54, 1.807) is 18.2 Å². The zero-order valence-electron chi connectivity index (χ0n) is 18.2. The molecule has 10 heteroatoms. The van der Waals surface area contributed by atoms with Gasteiger partial charge >= 0.3 is 0 Å². The van der Waals surface area contributed by atoms with E-state index < -0.39 is 12.1 Å². The molecule has 0 unspecified atom stereocenters. The molecule has 2 aliphatic rings. The van der Waals surface area contributed by atoms with Crippen molar-refractivity contribution in [2.24, 2.45) is 0 Å². The quantitative estimate of drug-likeness (QED) is 0.661. The topological polar surface area (TPSA) is 130 Å². The monoisotopic (exact) mass is 431 g/mol. The maximum absolute atomic E-state index is 12.8. The first-order valence-electron chi connectivity index (χ1n) is 10.2. The maximum Gasteiger partial charge on any atom is 0.300 e. The Balaban J connectivity index is 0.000000628. The number of aromatic nitrogens is 3. The predicted molar refractivity (Wildman–Crippen MR) is 113 cm³/mol. The summed E-state index contributed by atoms with van der Waals surface area (Å²) in [6.45, 7) is 6.94. The number of piperidine rings is 1. The van der Waals surface area contributed by atoms with Crippen LogP contribution in [0.2, 0.25) is 0 Å². The molecule has 0 bridgehead atoms. The van der Waals surface area contributed by atoms with Gasteiger partial charge in [0.25, 0.3) is 11.9 Å². The maximum atomic E-state index is 12.8. The number of aliphatic hydroxyl groups excluding tert-OH is 1. The second-order valence-corrected chi connectivity index (χ2v) is 7.87. The Morgan fingerprint density at radius 2 is 2.06 bits per heavy atom. The van der Waals surface area contributed by atoms with Gasteiger partial charge in [0, 0.05) is 31.9 Å². The van der Waals surface area contributed by atoms with Gasteiger partial charge in [-0.2, -0.15) is 0 Å². The number of ether oxygens (including phenoxy) is 1. The zero-order chi connectivity index (χ0) is 22.7. The second-order valence-electron chi connectivity index (χ2n) is 7.87. The summed E-state index contributed by atoms with van der Waals surface area (Å²) >= 11 is 0. The molecule has 2 aromatic rings. The van der Waals surface area contributed by atoms with Crippen LogP contribution in [-0.2, 0) is 11.3 Å². The highest BCUT2D eigenvalue weighted by Gasteiger charge is 2.33. The molecular weight excluding hydrogens is 402 g/mol. The molecule has 2 atom stereocenters. The van der Waals surface area contributed by atoms with Crippen LogP contribution in [0.1, 0.15) is 49.3 Å². The Labute approximate surface area is 180 Å². The Kier molecular flexibility index (Phi) is 6.91. The van der Waals surface area contributed by atoms with Crippen molar-refractivity contribution in [1.82, 2.24) is 24.8 Å². The number of methoxy groups -OCH3 is 1. The third-order valence-electron chi connectivity index (χ3n) is 5.38. The van der Waals surface area contributed by atoms with Gasteiger partial charge in [-0.25, -0.2) is 9.97 Å². The molecule has 2 aromatic heterocycles. The average Bonchev–Trinajstić information content (AvgIpc) is 3.31. The van der Waals surface area contributed by atoms with Crippen LogP contribution in [0.3, 0.4) is 0 Å². The van der Waals surface area contributed by atoms with Gasteiger partial charge in [0.2, 0.25) is 5.88 Å². The molecule has 2 aliphatic heterocycles. The van der Waals surface area contributed by atoms with Crippen molar-refractivity contribution in [1.29, 1.82) is 0 Å². The Bertz CT molecular complexity index is 954. The van der Waals surface area contributed by atoms with Crippen LogP contribution in [0.15, 0.2) is 18.5 Å². The molecule has 1 saturated heterocycles. The average molecular weight is 431 g/mol. The number of carbonyl (C=O) groups is 2. The van der Waals surface area contributed by atoms with Crippen molar-refractivity contribution in [3.8, 4) is 17.3 Å². The molecule has 10 nitrogen and oxygen atoms in total. The van der Waals surface area contributed by atoms with Crippen molar-refractivity contribution < 1.29 is 24.5 Å². The largest absolute Gasteiger partial charge is 0.481 e. The highest BCUT2D eigenvalue weighted by Crippen LogP contribution is 2.35. The lowest BCUT2D eigenvalue weighted by molar-refractivity contribution is -0.134. The van der Waals surface area contributed by atoms with Crippen LogP contribution in [0.5, 0.6) is 5.88 Å². The Morgan fingerprint density at radius 3 is 2.68 bits per heavy atom. The van der Waals surface area contributed by atoms with E-state index in [9.17, 15) is 9.90 Å². The molecule has 31 heavy (non-hydrogen) atoms. The van der Waals surface area contributed by atoms with Crippen LogP contribution in [0.4, 0.5) is 0 Å². The van der Waals surface area contributed by atoms with Crippen molar-refractivity contribution >= 4 is 11.9 Å². The molecule has 3 N–H and O–H groups in total. The Morgan fingerprint density at radius 1 is 1.35 bits per heavy atom. The fourth-order valence-corrected chi connectivity index (χ4v) is 3.90. The molecule has 168 valence electrons. The number of aliphatic hydroxyl groups is 1. The first-order valence-corrected chi connectivity index (χ1v) is 10.2. The first kappa shape index (κ1) is 22.7. The summed E-state index contributed by atoms with van der Waals surface area (Å²) in [5.74, 6) is 0.253. The number of carbonyl (C=O) groups excluding carboxylic acids is 1. The number of aliphatic carboxylic acids is 1. The van der Waals surface area contributed by atoms with Crippen LogP contribution in [-0.4, -0.2) is 73.9 Å². The third-order valence-corrected chi connectivity index (χ3v) is 5.38. The van der Waals surface area contributed by atoms with Crippen LogP contribution in [0.25, 0.3) is 11.4 Å². The molecule has 1 amide bonds. The van der Waals surface area contributed by atoms with Crippen molar-refractivity contribution in [3.63, 3.8) is 0 Å². The third kappa shape index (κ3) is 4.70. The second kappa shape index (κ2) is 9.44. The number of nitrogens with zero attached hydrogens (tertiary/aromatic N) is 4. The van der Waals surface area contributed by atoms with Crippen LogP contribution in [0, 0.1) is 0 Å². The van der Waals surface area contributed by atoms with Gasteiger partial charge < -0.3 is 29.7 Å². The highest BCUT2D eigenvalue weighted by molar-refractivity contribution is 5.99. The van der Waals surface area contributed by atoms with Gasteiger partial charge in [-0.1, -0.05) is 0 Å². The number of hydrogen-bond donors (Lipinski definition) is 3. The number of rotatable bonds is 4. The lowest BCUT2D eigenvalue weighted by Crippen LogP contribution is -2.41. The summed E-state index contributed by atoms with van der Waals surface area (Å²) in [6.07, 6.45) is 3.87. The fraction of sp³-hybridized carbons (Fsp3) is 0.524. The van der Waals surface area contributed by atoms with E-state index in [2.05, 4.69) is 15.3 Å². The number of fused-ring (bicyclic) bond motifs is 1. The minimum absolute atomic E-state index is 0.0172. The normalized spacial score (nSPS) is 20.3. The predicted octanol–water partition coefficient (Wildman–Crippen LogP) is 1.30. The van der Waals surface area contributed by atoms with Gasteiger partial charge in [0.05, 0.1) is 42.6 Å². The van der Waals surface area contributed by atoms with Crippen molar-refractivity contribution in [2.45, 2.75) is 51.9 Å². The molecule has 4 rings (SSSR count). The van der Waals surface area contributed by atoms with Gasteiger partial charge in [-0.3, -0.25) is 9.59 Å². The van der Waals surface area contributed by atoms with Gasteiger partial charge in [-0.15, -0.1) is 0 Å². The number of pyridine rings is 1. The Hall–Kier alpha value is -2.98. The lowest BCUT2D eigenvalue weighted by Gasteiger charge is -2.30. The van der Waals surface area contributed by atoms with Gasteiger partial charge in [0.1, 0.15) is 5.82 Å². The zero-order valence-corrected chi connectivity index (χ0v) is 18.2. The van der Waals surface area contributed by atoms with Gasteiger partial charge in [-0.05, 0) is 32.9 Å².